The topological polar surface area (TPSA) is 63.4 Å². The molecule has 1 heterocycles. The number of aryl methyl sites for hydroxylation is 1. The van der Waals surface area contributed by atoms with Crippen LogP contribution in [0.3, 0.4) is 0 Å². The number of hydrogen-bond acceptors (Lipinski definition) is 3. The first-order chi connectivity index (χ1) is 9.91. The minimum atomic E-state index is -3.60. The van der Waals surface area contributed by atoms with E-state index in [-0.39, 0.29) is 16.6 Å². The van der Waals surface area contributed by atoms with Gasteiger partial charge in [-0.2, -0.15) is 4.31 Å². The molecule has 0 amide bonds. The number of nitrogens with two attached hydrogens (primary N) is 1. The normalized spacial score (nSPS) is 26.8. The Morgan fingerprint density at radius 3 is 2.71 bits per heavy atom. The first kappa shape index (κ1) is 14.8. The first-order valence-electron chi connectivity index (χ1n) is 7.48. The van der Waals surface area contributed by atoms with Crippen molar-refractivity contribution in [3.8, 4) is 0 Å². The standard InChI is InChI=1S/C15H21FN2O2S/c1-10-8-12(16)13(17)9-15(10)21(19,20)18-7-3-5-11-4-2-6-14(11)18/h8-9,11,14H,2-7,17H2,1H3. The summed E-state index contributed by atoms with van der Waals surface area (Å²) in [6, 6.07) is 2.58. The summed E-state index contributed by atoms with van der Waals surface area (Å²) in [5.74, 6) is -0.0875. The highest BCUT2D eigenvalue weighted by Crippen LogP contribution is 2.40. The number of hydrogen-bond donors (Lipinski definition) is 1. The lowest BCUT2D eigenvalue weighted by Crippen LogP contribution is -2.46. The molecule has 0 bridgehead atoms. The van der Waals surface area contributed by atoms with E-state index in [9.17, 15) is 12.8 Å². The number of piperidine rings is 1. The van der Waals surface area contributed by atoms with Crippen molar-refractivity contribution in [1.29, 1.82) is 0 Å². The predicted octanol–water partition coefficient (Wildman–Crippen LogP) is 2.67. The second kappa shape index (κ2) is 5.25. The molecular weight excluding hydrogens is 291 g/mol. The molecule has 0 spiro atoms. The third kappa shape index (κ3) is 2.44. The molecule has 2 fully saturated rings. The Balaban J connectivity index is 2.02. The van der Waals surface area contributed by atoms with Crippen LogP contribution in [-0.2, 0) is 10.0 Å². The highest BCUT2D eigenvalue weighted by atomic mass is 32.2. The Morgan fingerprint density at radius 2 is 1.95 bits per heavy atom. The van der Waals surface area contributed by atoms with Crippen molar-refractivity contribution in [3.05, 3.63) is 23.5 Å². The monoisotopic (exact) mass is 312 g/mol. The van der Waals surface area contributed by atoms with Crippen molar-refractivity contribution < 1.29 is 12.8 Å². The molecule has 2 aliphatic rings. The average molecular weight is 312 g/mol. The van der Waals surface area contributed by atoms with E-state index in [2.05, 4.69) is 0 Å². The molecule has 4 nitrogen and oxygen atoms in total. The molecule has 6 heteroatoms. The lowest BCUT2D eigenvalue weighted by atomic mass is 9.94. The number of nitrogens with zero attached hydrogens (tertiary/aromatic N) is 1. The number of halogens is 1. The molecule has 3 rings (SSSR count). The van der Waals surface area contributed by atoms with Gasteiger partial charge in [-0.15, -0.1) is 0 Å². The fourth-order valence-electron chi connectivity index (χ4n) is 3.78. The summed E-state index contributed by atoms with van der Waals surface area (Å²) in [7, 11) is -3.60. The SMILES string of the molecule is Cc1cc(F)c(N)cc1S(=O)(=O)N1CCCC2CCCC21. The first-order valence-corrected chi connectivity index (χ1v) is 8.92. The molecule has 1 saturated heterocycles. The molecular formula is C15H21FN2O2S. The maximum Gasteiger partial charge on any atom is 0.243 e. The lowest BCUT2D eigenvalue weighted by molar-refractivity contribution is 0.202. The molecule has 1 aliphatic heterocycles. The number of fused-ring (bicyclic) bond motifs is 1. The van der Waals surface area contributed by atoms with E-state index in [1.165, 1.54) is 12.1 Å². The Hall–Kier alpha value is -1.14. The van der Waals surface area contributed by atoms with Gasteiger partial charge in [0.15, 0.2) is 0 Å². The second-order valence-corrected chi connectivity index (χ2v) is 8.01. The predicted molar refractivity (Wildman–Crippen MR) is 79.8 cm³/mol. The Kier molecular flexibility index (Phi) is 3.69. The smallest absolute Gasteiger partial charge is 0.243 e. The number of sulfonamides is 1. The Labute approximate surface area is 125 Å². The van der Waals surface area contributed by atoms with E-state index in [0.29, 0.717) is 18.0 Å². The summed E-state index contributed by atoms with van der Waals surface area (Å²) < 4.78 is 41.0. The van der Waals surface area contributed by atoms with Crippen LogP contribution in [0.5, 0.6) is 0 Å². The molecule has 2 atom stereocenters. The summed E-state index contributed by atoms with van der Waals surface area (Å²) in [5.41, 5.74) is 5.87. The molecule has 21 heavy (non-hydrogen) atoms. The minimum absolute atomic E-state index is 0.106. The summed E-state index contributed by atoms with van der Waals surface area (Å²) >= 11 is 0. The molecule has 1 aromatic rings. The molecule has 1 saturated carbocycles. The molecule has 116 valence electrons. The number of anilines is 1. The van der Waals surface area contributed by atoms with Crippen LogP contribution in [0.4, 0.5) is 10.1 Å². The largest absolute Gasteiger partial charge is 0.396 e. The fourth-order valence-corrected chi connectivity index (χ4v) is 5.78. The second-order valence-electron chi connectivity index (χ2n) is 6.16. The van der Waals surface area contributed by atoms with E-state index in [1.807, 2.05) is 0 Å². The number of nitrogen functional groups attached to an aromatic ring is 1. The van der Waals surface area contributed by atoms with Crippen molar-refractivity contribution in [2.75, 3.05) is 12.3 Å². The fraction of sp³-hybridized carbons (Fsp3) is 0.600. The zero-order chi connectivity index (χ0) is 15.2. The summed E-state index contributed by atoms with van der Waals surface area (Å²) in [6.07, 6.45) is 5.14. The van der Waals surface area contributed by atoms with Gasteiger partial charge in [0.2, 0.25) is 10.0 Å². The Bertz CT molecular complexity index is 660. The van der Waals surface area contributed by atoms with E-state index in [4.69, 9.17) is 5.73 Å². The van der Waals surface area contributed by atoms with Gasteiger partial charge in [-0.1, -0.05) is 6.42 Å². The van der Waals surface area contributed by atoms with Gasteiger partial charge in [0.05, 0.1) is 10.6 Å². The molecule has 0 radical (unpaired) electrons. The van der Waals surface area contributed by atoms with Crippen molar-refractivity contribution in [3.63, 3.8) is 0 Å². The number of rotatable bonds is 2. The van der Waals surface area contributed by atoms with Crippen LogP contribution >= 0.6 is 0 Å². The molecule has 2 N–H and O–H groups in total. The zero-order valence-corrected chi connectivity index (χ0v) is 13.0. The summed E-state index contributed by atoms with van der Waals surface area (Å²) in [6.45, 7) is 2.17. The van der Waals surface area contributed by atoms with Crippen LogP contribution in [0, 0.1) is 18.7 Å². The van der Waals surface area contributed by atoms with Gasteiger partial charge in [-0.25, -0.2) is 12.8 Å². The van der Waals surface area contributed by atoms with Gasteiger partial charge < -0.3 is 5.73 Å². The van der Waals surface area contributed by atoms with Crippen molar-refractivity contribution in [2.45, 2.75) is 50.0 Å². The molecule has 0 aromatic heterocycles. The maximum absolute atomic E-state index is 13.5. The molecule has 1 aliphatic carbocycles. The van der Waals surface area contributed by atoms with E-state index in [1.54, 1.807) is 11.2 Å². The summed E-state index contributed by atoms with van der Waals surface area (Å²) in [4.78, 5) is 0.147. The highest BCUT2D eigenvalue weighted by molar-refractivity contribution is 7.89. The quantitative estimate of drug-likeness (QED) is 0.854. The van der Waals surface area contributed by atoms with Gasteiger partial charge in [0, 0.05) is 12.6 Å². The van der Waals surface area contributed by atoms with E-state index >= 15 is 0 Å². The van der Waals surface area contributed by atoms with Gasteiger partial charge in [-0.3, -0.25) is 0 Å². The van der Waals surface area contributed by atoms with Crippen LogP contribution in [0.15, 0.2) is 17.0 Å². The van der Waals surface area contributed by atoms with Gasteiger partial charge in [0.1, 0.15) is 5.82 Å². The summed E-state index contributed by atoms with van der Waals surface area (Å²) in [5, 5.41) is 0. The van der Waals surface area contributed by atoms with Crippen molar-refractivity contribution in [2.24, 2.45) is 5.92 Å². The van der Waals surface area contributed by atoms with Crippen molar-refractivity contribution in [1.82, 2.24) is 4.31 Å². The Morgan fingerprint density at radius 1 is 1.24 bits per heavy atom. The third-order valence-corrected chi connectivity index (χ3v) is 6.89. The van der Waals surface area contributed by atoms with Gasteiger partial charge >= 0.3 is 0 Å². The molecule has 1 aromatic carbocycles. The van der Waals surface area contributed by atoms with Crippen LogP contribution in [-0.4, -0.2) is 25.3 Å². The zero-order valence-electron chi connectivity index (χ0n) is 12.2. The lowest BCUT2D eigenvalue weighted by Gasteiger charge is -2.37. The van der Waals surface area contributed by atoms with Crippen LogP contribution < -0.4 is 5.73 Å². The number of benzene rings is 1. The van der Waals surface area contributed by atoms with E-state index < -0.39 is 15.8 Å². The van der Waals surface area contributed by atoms with Crippen LogP contribution in [0.2, 0.25) is 0 Å². The average Bonchev–Trinajstić information content (AvgIpc) is 2.90. The van der Waals surface area contributed by atoms with Crippen LogP contribution in [0.25, 0.3) is 0 Å². The van der Waals surface area contributed by atoms with Crippen molar-refractivity contribution >= 4 is 15.7 Å². The highest BCUT2D eigenvalue weighted by Gasteiger charge is 2.41. The van der Waals surface area contributed by atoms with Crippen LogP contribution in [0.1, 0.15) is 37.7 Å². The van der Waals surface area contributed by atoms with Gasteiger partial charge in [-0.05, 0) is 56.2 Å². The van der Waals surface area contributed by atoms with E-state index in [0.717, 1.165) is 32.1 Å². The maximum atomic E-state index is 13.5. The third-order valence-electron chi connectivity index (χ3n) is 4.82. The minimum Gasteiger partial charge on any atom is -0.396 e. The molecule has 2 unspecified atom stereocenters. The van der Waals surface area contributed by atoms with Gasteiger partial charge in [0.25, 0.3) is 0 Å².